The van der Waals surface area contributed by atoms with Crippen molar-refractivity contribution in [3.63, 3.8) is 0 Å². The van der Waals surface area contributed by atoms with E-state index in [-0.39, 0.29) is 5.56 Å². The molecule has 134 valence electrons. The molecule has 5 heteroatoms. The highest BCUT2D eigenvalue weighted by Gasteiger charge is 2.21. The van der Waals surface area contributed by atoms with Crippen molar-refractivity contribution >= 4 is 23.1 Å². The molecule has 2 aromatic rings. The van der Waals surface area contributed by atoms with Crippen molar-refractivity contribution in [3.05, 3.63) is 40.8 Å². The molecule has 1 aromatic carbocycles. The van der Waals surface area contributed by atoms with E-state index in [4.69, 9.17) is 0 Å². The van der Waals surface area contributed by atoms with Crippen LogP contribution in [0, 0.1) is 5.92 Å². The highest BCUT2D eigenvalue weighted by Crippen LogP contribution is 2.35. The fourth-order valence-corrected chi connectivity index (χ4v) is 3.61. The summed E-state index contributed by atoms with van der Waals surface area (Å²) in [6.45, 7) is 3.19. The number of benzene rings is 1. The average Bonchev–Trinajstić information content (AvgIpc) is 3.40. The predicted molar refractivity (Wildman–Crippen MR) is 109 cm³/mol. The van der Waals surface area contributed by atoms with Crippen molar-refractivity contribution in [2.45, 2.75) is 24.7 Å². The maximum atomic E-state index is 12.4. The second-order valence-corrected chi connectivity index (χ2v) is 8.23. The molecular weight excluding hydrogens is 330 g/mol. The maximum absolute atomic E-state index is 12.4. The van der Waals surface area contributed by atoms with Gasteiger partial charge in [0.25, 0.3) is 5.56 Å². The molecule has 0 amide bonds. The molecule has 1 N–H and O–H groups in total. The first-order valence-corrected chi connectivity index (χ1v) is 9.87. The van der Waals surface area contributed by atoms with Crippen molar-refractivity contribution in [3.8, 4) is 11.1 Å². The second kappa shape index (κ2) is 7.56. The minimum atomic E-state index is 0.0281. The topological polar surface area (TPSA) is 37.3 Å². The van der Waals surface area contributed by atoms with Crippen LogP contribution in [0.15, 0.2) is 40.2 Å². The Bertz CT molecular complexity index is 809. The number of aryl methyl sites for hydroxylation is 1. The van der Waals surface area contributed by atoms with E-state index in [9.17, 15) is 4.79 Å². The lowest BCUT2D eigenvalue weighted by Gasteiger charge is -2.18. The zero-order valence-corrected chi connectivity index (χ0v) is 16.3. The van der Waals surface area contributed by atoms with E-state index in [0.717, 1.165) is 35.0 Å². The van der Waals surface area contributed by atoms with Crippen LogP contribution in [0.2, 0.25) is 0 Å². The summed E-state index contributed by atoms with van der Waals surface area (Å²) in [5.74, 6) is 1.86. The molecule has 1 fully saturated rings. The summed E-state index contributed by atoms with van der Waals surface area (Å²) in [7, 11) is 5.65. The summed E-state index contributed by atoms with van der Waals surface area (Å²) >= 11 is 1.84. The molecule has 0 unspecified atom stereocenters. The number of nitrogens with one attached hydrogen (secondary N) is 1. The van der Waals surface area contributed by atoms with Crippen LogP contribution in [0.25, 0.3) is 11.1 Å². The number of anilines is 2. The van der Waals surface area contributed by atoms with Gasteiger partial charge in [0.05, 0.1) is 0 Å². The normalized spacial score (nSPS) is 13.8. The molecule has 1 saturated carbocycles. The monoisotopic (exact) mass is 357 g/mol. The molecule has 3 rings (SSSR count). The summed E-state index contributed by atoms with van der Waals surface area (Å²) in [5.41, 5.74) is 4.12. The largest absolute Gasteiger partial charge is 0.384 e. The van der Waals surface area contributed by atoms with Crippen LogP contribution >= 0.6 is 11.8 Å². The molecule has 0 saturated heterocycles. The van der Waals surface area contributed by atoms with Gasteiger partial charge in [-0.25, -0.2) is 0 Å². The number of hydrogen-bond donors (Lipinski definition) is 1. The van der Waals surface area contributed by atoms with Crippen LogP contribution in [-0.2, 0) is 7.05 Å². The van der Waals surface area contributed by atoms with Crippen LogP contribution < -0.4 is 15.8 Å². The summed E-state index contributed by atoms with van der Waals surface area (Å²) in [6.07, 6.45) is 4.60. The van der Waals surface area contributed by atoms with Gasteiger partial charge in [-0.2, -0.15) is 0 Å². The van der Waals surface area contributed by atoms with Gasteiger partial charge in [0.2, 0.25) is 0 Å². The SMILES string of the molecule is CCSc1ccc(NCC2CC2)c(-c2cc(N(C)C)c(=O)n(C)c2)c1. The number of rotatable bonds is 7. The smallest absolute Gasteiger partial charge is 0.273 e. The molecule has 1 aromatic heterocycles. The lowest BCUT2D eigenvalue weighted by Crippen LogP contribution is -2.25. The third-order valence-corrected chi connectivity index (χ3v) is 5.41. The minimum Gasteiger partial charge on any atom is -0.384 e. The molecule has 25 heavy (non-hydrogen) atoms. The molecule has 1 aliphatic carbocycles. The standard InChI is InChI=1S/C20H27N3OS/c1-5-25-16-8-9-18(21-12-14-6-7-14)17(11-16)15-10-19(22(2)3)20(24)23(4)13-15/h8-11,13-14,21H,5-7,12H2,1-4H3. The van der Waals surface area contributed by atoms with E-state index in [1.807, 2.05) is 50.1 Å². The Morgan fingerprint density at radius 2 is 2.04 bits per heavy atom. The molecule has 0 bridgehead atoms. The third-order valence-electron chi connectivity index (χ3n) is 4.54. The highest BCUT2D eigenvalue weighted by atomic mass is 32.2. The zero-order chi connectivity index (χ0) is 18.0. The van der Waals surface area contributed by atoms with E-state index < -0.39 is 0 Å². The quantitative estimate of drug-likeness (QED) is 0.759. The Morgan fingerprint density at radius 3 is 2.68 bits per heavy atom. The van der Waals surface area contributed by atoms with Gasteiger partial charge in [0.15, 0.2) is 0 Å². The Morgan fingerprint density at radius 1 is 1.28 bits per heavy atom. The lowest BCUT2D eigenvalue weighted by atomic mass is 10.0. The second-order valence-electron chi connectivity index (χ2n) is 6.89. The Hall–Kier alpha value is -1.88. The fourth-order valence-electron chi connectivity index (χ4n) is 2.91. The molecule has 0 radical (unpaired) electrons. The third kappa shape index (κ3) is 4.21. The van der Waals surface area contributed by atoms with Gasteiger partial charge in [-0.1, -0.05) is 6.92 Å². The van der Waals surface area contributed by atoms with Crippen LogP contribution in [0.1, 0.15) is 19.8 Å². The molecule has 0 atom stereocenters. The summed E-state index contributed by atoms with van der Waals surface area (Å²) in [6, 6.07) is 8.60. The average molecular weight is 358 g/mol. The first kappa shape index (κ1) is 17.9. The van der Waals surface area contributed by atoms with Crippen molar-refractivity contribution in [2.24, 2.45) is 13.0 Å². The van der Waals surface area contributed by atoms with E-state index in [2.05, 4.69) is 30.4 Å². The van der Waals surface area contributed by atoms with E-state index in [0.29, 0.717) is 5.69 Å². The van der Waals surface area contributed by atoms with Crippen molar-refractivity contribution in [2.75, 3.05) is 36.6 Å². The van der Waals surface area contributed by atoms with Gasteiger partial charge in [0, 0.05) is 55.6 Å². The van der Waals surface area contributed by atoms with Crippen LogP contribution in [0.4, 0.5) is 11.4 Å². The van der Waals surface area contributed by atoms with Crippen LogP contribution in [-0.4, -0.2) is 31.0 Å². The van der Waals surface area contributed by atoms with E-state index in [1.165, 1.54) is 17.7 Å². The van der Waals surface area contributed by atoms with E-state index >= 15 is 0 Å². The number of hydrogen-bond acceptors (Lipinski definition) is 4. The van der Waals surface area contributed by atoms with Crippen molar-refractivity contribution in [1.29, 1.82) is 0 Å². The predicted octanol–water partition coefficient (Wildman–Crippen LogP) is 4.05. The molecule has 1 heterocycles. The molecule has 0 aliphatic heterocycles. The highest BCUT2D eigenvalue weighted by molar-refractivity contribution is 7.99. The lowest BCUT2D eigenvalue weighted by molar-refractivity contribution is 0.853. The molecule has 4 nitrogen and oxygen atoms in total. The van der Waals surface area contributed by atoms with Crippen LogP contribution in [0.5, 0.6) is 0 Å². The van der Waals surface area contributed by atoms with E-state index in [1.54, 1.807) is 4.57 Å². The zero-order valence-electron chi connectivity index (χ0n) is 15.5. The fraction of sp³-hybridized carbons (Fsp3) is 0.450. The first-order chi connectivity index (χ1) is 12.0. The van der Waals surface area contributed by atoms with Gasteiger partial charge in [0.1, 0.15) is 5.69 Å². The summed E-state index contributed by atoms with van der Waals surface area (Å²) in [4.78, 5) is 15.5. The van der Waals surface area contributed by atoms with Gasteiger partial charge >= 0.3 is 0 Å². The van der Waals surface area contributed by atoms with Gasteiger partial charge < -0.3 is 14.8 Å². The molecule has 1 aliphatic rings. The number of thioether (sulfide) groups is 1. The molecular formula is C20H27N3OS. The van der Waals surface area contributed by atoms with Gasteiger partial charge in [-0.15, -0.1) is 11.8 Å². The van der Waals surface area contributed by atoms with Gasteiger partial charge in [-0.3, -0.25) is 4.79 Å². The Balaban J connectivity index is 2.06. The first-order valence-electron chi connectivity index (χ1n) is 8.88. The number of nitrogens with zero attached hydrogens (tertiary/aromatic N) is 2. The number of aromatic nitrogens is 1. The Kier molecular flexibility index (Phi) is 5.42. The maximum Gasteiger partial charge on any atom is 0.273 e. The summed E-state index contributed by atoms with van der Waals surface area (Å²) in [5, 5.41) is 3.62. The van der Waals surface area contributed by atoms with Crippen LogP contribution in [0.3, 0.4) is 0 Å². The Labute approximate surface area is 154 Å². The van der Waals surface area contributed by atoms with Gasteiger partial charge in [-0.05, 0) is 48.8 Å². The summed E-state index contributed by atoms with van der Waals surface area (Å²) < 4.78 is 1.68. The minimum absolute atomic E-state index is 0.0281. The van der Waals surface area contributed by atoms with Crippen molar-refractivity contribution in [1.82, 2.24) is 4.57 Å². The van der Waals surface area contributed by atoms with Crippen molar-refractivity contribution < 1.29 is 0 Å². The number of pyridine rings is 1. The molecule has 0 spiro atoms.